The fourth-order valence-electron chi connectivity index (χ4n) is 2.40. The van der Waals surface area contributed by atoms with Gasteiger partial charge in [0.25, 0.3) is 0 Å². The second-order valence-electron chi connectivity index (χ2n) is 7.12. The predicted molar refractivity (Wildman–Crippen MR) is 104 cm³/mol. The second kappa shape index (κ2) is 10.7. The molecule has 1 heterocycles. The van der Waals surface area contributed by atoms with Gasteiger partial charge in [-0.3, -0.25) is 0 Å². The van der Waals surface area contributed by atoms with Crippen molar-refractivity contribution in [2.24, 2.45) is 10.9 Å². The van der Waals surface area contributed by atoms with Crippen molar-refractivity contribution < 1.29 is 5.11 Å². The van der Waals surface area contributed by atoms with Crippen LogP contribution in [0.2, 0.25) is 0 Å². The third-order valence-electron chi connectivity index (χ3n) is 3.83. The molecule has 0 aromatic carbocycles. The van der Waals surface area contributed by atoms with Crippen LogP contribution in [0.1, 0.15) is 64.6 Å². The summed E-state index contributed by atoms with van der Waals surface area (Å²) in [5.74, 6) is 1.31. The van der Waals surface area contributed by atoms with Gasteiger partial charge in [0.1, 0.15) is 5.01 Å². The highest BCUT2D eigenvalue weighted by Gasteiger charge is 2.17. The number of aliphatic hydroxyl groups excluding tert-OH is 1. The summed E-state index contributed by atoms with van der Waals surface area (Å²) in [6, 6.07) is 0. The highest BCUT2D eigenvalue weighted by molar-refractivity contribution is 7.09. The number of rotatable bonds is 9. The van der Waals surface area contributed by atoms with Gasteiger partial charge in [0.15, 0.2) is 5.96 Å². The van der Waals surface area contributed by atoms with Crippen LogP contribution in [-0.2, 0) is 12.0 Å². The first-order valence-electron chi connectivity index (χ1n) is 8.98. The van der Waals surface area contributed by atoms with E-state index in [0.717, 1.165) is 49.0 Å². The molecule has 0 fully saturated rings. The average molecular weight is 355 g/mol. The summed E-state index contributed by atoms with van der Waals surface area (Å²) in [6.45, 7) is 13.3. The normalized spacial score (nSPS) is 13.8. The fourth-order valence-corrected chi connectivity index (χ4v) is 3.34. The van der Waals surface area contributed by atoms with Crippen molar-refractivity contribution in [3.05, 3.63) is 16.1 Å². The molecule has 138 valence electrons. The number of aromatic nitrogens is 1. The zero-order valence-corrected chi connectivity index (χ0v) is 16.7. The number of hydrogen-bond donors (Lipinski definition) is 3. The Kier molecular flexibility index (Phi) is 9.29. The van der Waals surface area contributed by atoms with Gasteiger partial charge in [-0.1, -0.05) is 34.1 Å². The molecule has 0 bridgehead atoms. The zero-order valence-electron chi connectivity index (χ0n) is 15.9. The van der Waals surface area contributed by atoms with Crippen molar-refractivity contribution in [3.8, 4) is 0 Å². The third-order valence-corrected chi connectivity index (χ3v) is 4.66. The molecule has 0 aliphatic carbocycles. The highest BCUT2D eigenvalue weighted by Crippen LogP contribution is 2.24. The Balaban J connectivity index is 2.63. The van der Waals surface area contributed by atoms with E-state index in [1.54, 1.807) is 11.3 Å². The monoisotopic (exact) mass is 354 g/mol. The van der Waals surface area contributed by atoms with Crippen LogP contribution >= 0.6 is 11.3 Å². The molecular formula is C18H34N4OS. The summed E-state index contributed by atoms with van der Waals surface area (Å²) in [7, 11) is 0. The van der Waals surface area contributed by atoms with Crippen molar-refractivity contribution in [2.45, 2.75) is 65.8 Å². The summed E-state index contributed by atoms with van der Waals surface area (Å²) in [5.41, 5.74) is 1.21. The van der Waals surface area contributed by atoms with Gasteiger partial charge in [0, 0.05) is 30.5 Å². The molecule has 0 aliphatic heterocycles. The lowest BCUT2D eigenvalue weighted by Crippen LogP contribution is -2.40. The highest BCUT2D eigenvalue weighted by atomic mass is 32.1. The minimum atomic E-state index is 0.0822. The molecule has 3 N–H and O–H groups in total. The molecule has 1 aromatic rings. The summed E-state index contributed by atoms with van der Waals surface area (Å²) < 4.78 is 0. The summed E-state index contributed by atoms with van der Waals surface area (Å²) in [5, 5.41) is 19.0. The van der Waals surface area contributed by atoms with Gasteiger partial charge in [-0.2, -0.15) is 0 Å². The minimum Gasteiger partial charge on any atom is -0.396 e. The smallest absolute Gasteiger partial charge is 0.191 e. The van der Waals surface area contributed by atoms with E-state index in [2.05, 4.69) is 55.6 Å². The Bertz CT molecular complexity index is 487. The van der Waals surface area contributed by atoms with Crippen LogP contribution in [0.3, 0.4) is 0 Å². The first-order valence-corrected chi connectivity index (χ1v) is 9.86. The van der Waals surface area contributed by atoms with Crippen LogP contribution in [-0.4, -0.2) is 35.7 Å². The van der Waals surface area contributed by atoms with Gasteiger partial charge in [0.05, 0.1) is 12.2 Å². The number of thiazole rings is 1. The lowest BCUT2D eigenvalue weighted by atomic mass is 9.93. The number of guanidine groups is 1. The number of nitrogens with one attached hydrogen (secondary N) is 2. The van der Waals surface area contributed by atoms with E-state index in [1.165, 1.54) is 0 Å². The van der Waals surface area contributed by atoms with Crippen LogP contribution in [0.15, 0.2) is 10.4 Å². The Hall–Kier alpha value is -1.14. The summed E-state index contributed by atoms with van der Waals surface area (Å²) >= 11 is 1.67. The lowest BCUT2D eigenvalue weighted by Gasteiger charge is -2.18. The number of aliphatic imine (C=N–C) groups is 1. The van der Waals surface area contributed by atoms with Gasteiger partial charge in [-0.15, -0.1) is 11.3 Å². The molecule has 0 aliphatic rings. The standard InChI is InChI=1S/C18H34N4OS/c1-6-8-14(9-10-23)11-20-17(19-7-2)21-12-16-22-15(13-24-16)18(3,4)5/h13-14,23H,6-12H2,1-5H3,(H2,19,20,21). The Morgan fingerprint density at radius 3 is 2.58 bits per heavy atom. The number of aliphatic hydroxyl groups is 1. The van der Waals surface area contributed by atoms with E-state index in [9.17, 15) is 5.11 Å². The van der Waals surface area contributed by atoms with Crippen LogP contribution in [0, 0.1) is 5.92 Å². The van der Waals surface area contributed by atoms with Crippen LogP contribution < -0.4 is 10.6 Å². The van der Waals surface area contributed by atoms with Crippen LogP contribution in [0.4, 0.5) is 0 Å². The topological polar surface area (TPSA) is 69.5 Å². The first-order chi connectivity index (χ1) is 11.4. The quantitative estimate of drug-likeness (QED) is 0.470. The molecule has 6 heteroatoms. The van der Waals surface area contributed by atoms with Crippen molar-refractivity contribution in [1.82, 2.24) is 15.6 Å². The maximum absolute atomic E-state index is 9.17. The van der Waals surface area contributed by atoms with E-state index < -0.39 is 0 Å². The largest absolute Gasteiger partial charge is 0.396 e. The van der Waals surface area contributed by atoms with E-state index in [0.29, 0.717) is 12.5 Å². The fraction of sp³-hybridized carbons (Fsp3) is 0.778. The molecule has 0 amide bonds. The molecule has 0 radical (unpaired) electrons. The van der Waals surface area contributed by atoms with Gasteiger partial charge in [-0.25, -0.2) is 9.98 Å². The minimum absolute atomic E-state index is 0.0822. The lowest BCUT2D eigenvalue weighted by molar-refractivity contribution is 0.251. The molecular weight excluding hydrogens is 320 g/mol. The maximum Gasteiger partial charge on any atom is 0.191 e. The van der Waals surface area contributed by atoms with E-state index in [1.807, 2.05) is 0 Å². The molecule has 0 saturated heterocycles. The Morgan fingerprint density at radius 2 is 2.04 bits per heavy atom. The van der Waals surface area contributed by atoms with Crippen molar-refractivity contribution >= 4 is 17.3 Å². The van der Waals surface area contributed by atoms with E-state index >= 15 is 0 Å². The zero-order chi connectivity index (χ0) is 18.0. The predicted octanol–water partition coefficient (Wildman–Crippen LogP) is 3.29. The molecule has 1 rings (SSSR count). The SMILES string of the molecule is CCCC(CCO)CNC(=NCc1nc(C(C)(C)C)cs1)NCC. The first kappa shape index (κ1) is 20.9. The number of nitrogens with zero attached hydrogens (tertiary/aromatic N) is 2. The van der Waals surface area contributed by atoms with Crippen molar-refractivity contribution in [1.29, 1.82) is 0 Å². The van der Waals surface area contributed by atoms with Gasteiger partial charge >= 0.3 is 0 Å². The van der Waals surface area contributed by atoms with E-state index in [4.69, 9.17) is 4.98 Å². The molecule has 24 heavy (non-hydrogen) atoms. The Morgan fingerprint density at radius 1 is 1.29 bits per heavy atom. The molecule has 0 spiro atoms. The molecule has 5 nitrogen and oxygen atoms in total. The van der Waals surface area contributed by atoms with E-state index in [-0.39, 0.29) is 12.0 Å². The maximum atomic E-state index is 9.17. The van der Waals surface area contributed by atoms with Gasteiger partial charge < -0.3 is 15.7 Å². The number of hydrogen-bond acceptors (Lipinski definition) is 4. The van der Waals surface area contributed by atoms with Crippen LogP contribution in [0.25, 0.3) is 0 Å². The second-order valence-corrected chi connectivity index (χ2v) is 8.06. The van der Waals surface area contributed by atoms with Crippen LogP contribution in [0.5, 0.6) is 0 Å². The molecule has 1 unspecified atom stereocenters. The molecule has 0 saturated carbocycles. The third kappa shape index (κ3) is 7.62. The van der Waals surface area contributed by atoms with Crippen molar-refractivity contribution in [2.75, 3.05) is 19.7 Å². The van der Waals surface area contributed by atoms with Crippen molar-refractivity contribution in [3.63, 3.8) is 0 Å². The summed E-state index contributed by atoms with van der Waals surface area (Å²) in [6.07, 6.45) is 3.09. The summed E-state index contributed by atoms with van der Waals surface area (Å²) in [4.78, 5) is 9.34. The molecule has 1 aromatic heterocycles. The van der Waals surface area contributed by atoms with Gasteiger partial charge in [-0.05, 0) is 25.7 Å². The van der Waals surface area contributed by atoms with Gasteiger partial charge in [0.2, 0.25) is 0 Å². The Labute approximate surface area is 151 Å². The molecule has 1 atom stereocenters. The average Bonchev–Trinajstić information content (AvgIpc) is 2.99.